The number of aliphatic hydroxyl groups excluding tert-OH is 1. The molecule has 0 amide bonds. The number of halogens is 1. The normalized spacial score (nSPS) is 9.93. The van der Waals surface area contributed by atoms with Gasteiger partial charge in [0.1, 0.15) is 5.82 Å². The average Bonchev–Trinajstić information content (AvgIpc) is 2.19. The van der Waals surface area contributed by atoms with E-state index in [0.717, 1.165) is 11.0 Å². The second-order valence-electron chi connectivity index (χ2n) is 2.57. The first kappa shape index (κ1) is 11.2. The number of anilines is 2. The summed E-state index contributed by atoms with van der Waals surface area (Å²) in [6.45, 7) is 3.31. The van der Waals surface area contributed by atoms with E-state index in [-0.39, 0.29) is 6.61 Å². The largest absolute Gasteiger partial charge is 0.395 e. The Labute approximate surface area is 91.1 Å². The smallest absolute Gasteiger partial charge is 0.224 e. The van der Waals surface area contributed by atoms with Gasteiger partial charge in [0.05, 0.1) is 11.1 Å². The van der Waals surface area contributed by atoms with Gasteiger partial charge in [-0.2, -0.15) is 4.98 Å². The zero-order valence-electron chi connectivity index (χ0n) is 7.92. The lowest BCUT2D eigenvalue weighted by Crippen LogP contribution is -2.10. The van der Waals surface area contributed by atoms with E-state index in [4.69, 9.17) is 5.11 Å². The molecular formula is C8H13BrN4O. The molecule has 0 unspecified atom stereocenters. The predicted molar refractivity (Wildman–Crippen MR) is 59.5 cm³/mol. The number of aliphatic hydroxyl groups is 1. The van der Waals surface area contributed by atoms with Crippen LogP contribution in [0.4, 0.5) is 11.8 Å². The minimum atomic E-state index is 0.0764. The molecule has 5 nitrogen and oxygen atoms in total. The lowest BCUT2D eigenvalue weighted by molar-refractivity contribution is 0.311. The molecule has 1 aromatic heterocycles. The number of nitrogens with one attached hydrogen (secondary N) is 2. The molecule has 1 rings (SSSR count). The van der Waals surface area contributed by atoms with Crippen molar-refractivity contribution in [2.24, 2.45) is 0 Å². The van der Waals surface area contributed by atoms with Gasteiger partial charge >= 0.3 is 0 Å². The van der Waals surface area contributed by atoms with Crippen LogP contribution in [-0.4, -0.2) is 34.8 Å². The van der Waals surface area contributed by atoms with Crippen molar-refractivity contribution in [3.63, 3.8) is 0 Å². The predicted octanol–water partition coefficient (Wildman–Crippen LogP) is 1.08. The number of hydrogen-bond acceptors (Lipinski definition) is 5. The Morgan fingerprint density at radius 2 is 2.29 bits per heavy atom. The van der Waals surface area contributed by atoms with Crippen LogP contribution in [0.1, 0.15) is 6.92 Å². The van der Waals surface area contributed by atoms with Crippen LogP contribution in [0.15, 0.2) is 10.7 Å². The van der Waals surface area contributed by atoms with E-state index in [1.165, 1.54) is 0 Å². The van der Waals surface area contributed by atoms with Crippen LogP contribution >= 0.6 is 15.9 Å². The highest BCUT2D eigenvalue weighted by molar-refractivity contribution is 9.10. The Morgan fingerprint density at radius 3 is 2.93 bits per heavy atom. The van der Waals surface area contributed by atoms with Gasteiger partial charge in [-0.05, 0) is 22.9 Å². The third-order valence-electron chi connectivity index (χ3n) is 1.48. The molecule has 0 spiro atoms. The highest BCUT2D eigenvalue weighted by Gasteiger charge is 2.02. The Kier molecular flexibility index (Phi) is 4.61. The van der Waals surface area contributed by atoms with Crippen LogP contribution in [0.2, 0.25) is 0 Å². The van der Waals surface area contributed by atoms with Crippen LogP contribution < -0.4 is 10.6 Å². The number of nitrogens with zero attached hydrogens (tertiary/aromatic N) is 2. The summed E-state index contributed by atoms with van der Waals surface area (Å²) in [4.78, 5) is 8.27. The summed E-state index contributed by atoms with van der Waals surface area (Å²) in [5.41, 5.74) is 0. The molecule has 0 radical (unpaired) electrons. The fourth-order valence-electron chi connectivity index (χ4n) is 0.909. The zero-order valence-corrected chi connectivity index (χ0v) is 9.50. The minimum Gasteiger partial charge on any atom is -0.395 e. The third kappa shape index (κ3) is 3.12. The first-order valence-corrected chi connectivity index (χ1v) is 5.18. The van der Waals surface area contributed by atoms with Crippen molar-refractivity contribution in [2.75, 3.05) is 30.3 Å². The van der Waals surface area contributed by atoms with Crippen LogP contribution in [0, 0.1) is 0 Å². The van der Waals surface area contributed by atoms with Crippen molar-refractivity contribution in [3.05, 3.63) is 10.7 Å². The van der Waals surface area contributed by atoms with Crippen molar-refractivity contribution in [2.45, 2.75) is 6.92 Å². The molecule has 0 aliphatic heterocycles. The first-order chi connectivity index (χ1) is 6.77. The van der Waals surface area contributed by atoms with Crippen LogP contribution in [0.5, 0.6) is 0 Å². The third-order valence-corrected chi connectivity index (χ3v) is 2.06. The Morgan fingerprint density at radius 1 is 1.50 bits per heavy atom. The number of rotatable bonds is 5. The van der Waals surface area contributed by atoms with Gasteiger partial charge in [0.2, 0.25) is 5.95 Å². The fraction of sp³-hybridized carbons (Fsp3) is 0.500. The molecular weight excluding hydrogens is 248 g/mol. The Hall–Kier alpha value is -0.880. The van der Waals surface area contributed by atoms with E-state index < -0.39 is 0 Å². The number of hydrogen-bond donors (Lipinski definition) is 3. The van der Waals surface area contributed by atoms with Gasteiger partial charge in [-0.1, -0.05) is 0 Å². The summed E-state index contributed by atoms with van der Waals surface area (Å²) in [7, 11) is 0. The monoisotopic (exact) mass is 260 g/mol. The molecule has 1 aromatic rings. The maximum Gasteiger partial charge on any atom is 0.224 e. The first-order valence-electron chi connectivity index (χ1n) is 4.39. The van der Waals surface area contributed by atoms with Gasteiger partial charge in [0.15, 0.2) is 0 Å². The van der Waals surface area contributed by atoms with Gasteiger partial charge in [-0.15, -0.1) is 0 Å². The lowest BCUT2D eigenvalue weighted by atomic mass is 10.5. The topological polar surface area (TPSA) is 70.1 Å². The quantitative estimate of drug-likeness (QED) is 0.739. The molecule has 78 valence electrons. The van der Waals surface area contributed by atoms with Crippen molar-refractivity contribution < 1.29 is 5.11 Å². The van der Waals surface area contributed by atoms with E-state index in [1.807, 2.05) is 6.92 Å². The molecule has 1 heterocycles. The Balaban J connectivity index is 2.74. The summed E-state index contributed by atoms with van der Waals surface area (Å²) in [5, 5.41) is 14.6. The summed E-state index contributed by atoms with van der Waals surface area (Å²) < 4.78 is 0.785. The van der Waals surface area contributed by atoms with E-state index in [2.05, 4.69) is 36.5 Å². The van der Waals surface area contributed by atoms with Gasteiger partial charge < -0.3 is 15.7 Å². The summed E-state index contributed by atoms with van der Waals surface area (Å²) >= 11 is 3.31. The minimum absolute atomic E-state index is 0.0764. The van der Waals surface area contributed by atoms with Crippen LogP contribution in [0.3, 0.4) is 0 Å². The molecule has 14 heavy (non-hydrogen) atoms. The van der Waals surface area contributed by atoms with E-state index in [1.54, 1.807) is 6.20 Å². The second-order valence-corrected chi connectivity index (χ2v) is 3.43. The van der Waals surface area contributed by atoms with Crippen molar-refractivity contribution >= 4 is 27.7 Å². The van der Waals surface area contributed by atoms with Crippen molar-refractivity contribution in [1.82, 2.24) is 9.97 Å². The molecule has 6 heteroatoms. The lowest BCUT2D eigenvalue weighted by Gasteiger charge is -2.07. The van der Waals surface area contributed by atoms with Crippen LogP contribution in [0.25, 0.3) is 0 Å². The number of aromatic nitrogens is 2. The second kappa shape index (κ2) is 5.77. The molecule has 0 saturated carbocycles. The summed E-state index contributed by atoms with van der Waals surface area (Å²) in [5.74, 6) is 1.26. The molecule has 0 atom stereocenters. The van der Waals surface area contributed by atoms with E-state index in [9.17, 15) is 0 Å². The standard InChI is InChI=1S/C8H13BrN4O/c1-2-10-8-12-5-6(9)7(13-8)11-3-4-14/h5,14H,2-4H2,1H3,(H2,10,11,12,13). The maximum absolute atomic E-state index is 8.65. The molecule has 0 aliphatic carbocycles. The highest BCUT2D eigenvalue weighted by Crippen LogP contribution is 2.19. The zero-order chi connectivity index (χ0) is 10.4. The summed E-state index contributed by atoms with van der Waals surface area (Å²) in [6, 6.07) is 0. The molecule has 0 fully saturated rings. The molecule has 0 saturated heterocycles. The van der Waals surface area contributed by atoms with Crippen LogP contribution in [-0.2, 0) is 0 Å². The summed E-state index contributed by atoms with van der Waals surface area (Å²) in [6.07, 6.45) is 1.67. The van der Waals surface area contributed by atoms with Gasteiger partial charge in [0, 0.05) is 19.3 Å². The van der Waals surface area contributed by atoms with Gasteiger partial charge in [0.25, 0.3) is 0 Å². The van der Waals surface area contributed by atoms with E-state index >= 15 is 0 Å². The molecule has 0 bridgehead atoms. The molecule has 0 aliphatic rings. The maximum atomic E-state index is 8.65. The molecule has 3 N–H and O–H groups in total. The van der Waals surface area contributed by atoms with Crippen molar-refractivity contribution in [3.8, 4) is 0 Å². The van der Waals surface area contributed by atoms with Gasteiger partial charge in [-0.25, -0.2) is 4.98 Å². The fourth-order valence-corrected chi connectivity index (χ4v) is 1.24. The van der Waals surface area contributed by atoms with Crippen molar-refractivity contribution in [1.29, 1.82) is 0 Å². The Bertz CT molecular complexity index is 295. The van der Waals surface area contributed by atoms with E-state index in [0.29, 0.717) is 18.3 Å². The average molecular weight is 261 g/mol. The SMILES string of the molecule is CCNc1ncc(Br)c(NCCO)n1. The van der Waals surface area contributed by atoms with Gasteiger partial charge in [-0.3, -0.25) is 0 Å². The molecule has 0 aromatic carbocycles. The highest BCUT2D eigenvalue weighted by atomic mass is 79.9.